The number of pyridine rings is 1. The van der Waals surface area contributed by atoms with Crippen molar-refractivity contribution in [2.75, 3.05) is 36.4 Å². The third-order valence-corrected chi connectivity index (χ3v) is 7.14. The first-order valence-corrected chi connectivity index (χ1v) is 13.3. The number of aromatic carboxylic acids is 1. The van der Waals surface area contributed by atoms with E-state index in [0.717, 1.165) is 17.5 Å². The van der Waals surface area contributed by atoms with Gasteiger partial charge in [-0.3, -0.25) is 9.36 Å². The zero-order valence-corrected chi connectivity index (χ0v) is 23.4. The van der Waals surface area contributed by atoms with Gasteiger partial charge in [0.15, 0.2) is 5.69 Å². The summed E-state index contributed by atoms with van der Waals surface area (Å²) in [5, 5.41) is 13.3. The minimum absolute atomic E-state index is 0.0784. The van der Waals surface area contributed by atoms with Crippen molar-refractivity contribution in [3.05, 3.63) is 56.6 Å². The molecule has 3 aromatic rings. The van der Waals surface area contributed by atoms with E-state index in [1.54, 1.807) is 24.1 Å². The lowest BCUT2D eigenvalue weighted by atomic mass is 10.0. The molecule has 12 heteroatoms. The monoisotopic (exact) mass is 556 g/mol. The van der Waals surface area contributed by atoms with Crippen LogP contribution in [0.15, 0.2) is 29.1 Å². The number of hydrogen-bond donors (Lipinski definition) is 2. The number of halogens is 1. The number of carboxylic acid groups (broad SMARTS) is 1. The maximum atomic E-state index is 13.5. The van der Waals surface area contributed by atoms with Crippen molar-refractivity contribution in [3.63, 3.8) is 0 Å². The number of rotatable bonds is 7. The topological polar surface area (TPSA) is 130 Å². The van der Waals surface area contributed by atoms with E-state index in [9.17, 15) is 19.5 Å². The summed E-state index contributed by atoms with van der Waals surface area (Å²) in [4.78, 5) is 50.2. The molecule has 1 aliphatic heterocycles. The van der Waals surface area contributed by atoms with Gasteiger partial charge in [0.2, 0.25) is 5.95 Å². The second-order valence-electron chi connectivity index (χ2n) is 9.80. The van der Waals surface area contributed by atoms with Crippen LogP contribution in [0.4, 0.5) is 16.4 Å². The van der Waals surface area contributed by atoms with Gasteiger partial charge in [-0.05, 0) is 51.0 Å². The largest absolute Gasteiger partial charge is 0.476 e. The van der Waals surface area contributed by atoms with Crippen molar-refractivity contribution in [1.82, 2.24) is 19.4 Å². The first kappa shape index (κ1) is 28.2. The Hall–Kier alpha value is -3.86. The van der Waals surface area contributed by atoms with Crippen LogP contribution in [0.2, 0.25) is 5.15 Å². The van der Waals surface area contributed by atoms with Crippen LogP contribution in [0.25, 0.3) is 10.9 Å². The standard InChI is InChI=1S/C27H33ClN6O5/c1-6-16(3)39-27(38)34-11-9-33(10-12-34)26-31-22-18(13-15(2)14-19(22)24(35)32(26)5)17(4)29-20-7-8-21(28)30-23(20)25(36)37/h7-8,13-14,16-17,29H,6,9-12H2,1-5H3,(H,36,37)/t16-,17+/m0/s1. The molecule has 1 amide bonds. The van der Waals surface area contributed by atoms with Gasteiger partial charge in [-0.15, -0.1) is 0 Å². The van der Waals surface area contributed by atoms with Crippen molar-refractivity contribution < 1.29 is 19.4 Å². The van der Waals surface area contributed by atoms with Crippen LogP contribution in [0, 0.1) is 6.92 Å². The van der Waals surface area contributed by atoms with Crippen LogP contribution in [0.5, 0.6) is 0 Å². The molecule has 0 spiro atoms. The third-order valence-electron chi connectivity index (χ3n) is 6.93. The number of nitrogens with zero attached hydrogens (tertiary/aromatic N) is 5. The maximum Gasteiger partial charge on any atom is 0.410 e. The highest BCUT2D eigenvalue weighted by atomic mass is 35.5. The first-order chi connectivity index (χ1) is 18.5. The predicted molar refractivity (Wildman–Crippen MR) is 150 cm³/mol. The smallest absolute Gasteiger partial charge is 0.410 e. The fourth-order valence-corrected chi connectivity index (χ4v) is 4.75. The van der Waals surface area contributed by atoms with E-state index >= 15 is 0 Å². The lowest BCUT2D eigenvalue weighted by molar-refractivity contribution is 0.0664. The van der Waals surface area contributed by atoms with Crippen molar-refractivity contribution >= 4 is 46.2 Å². The molecule has 3 heterocycles. The van der Waals surface area contributed by atoms with E-state index < -0.39 is 12.0 Å². The Bertz CT molecular complexity index is 1470. The number of piperazine rings is 1. The summed E-state index contributed by atoms with van der Waals surface area (Å²) in [6.07, 6.45) is 0.265. The molecule has 4 rings (SSSR count). The number of anilines is 2. The van der Waals surface area contributed by atoms with Crippen molar-refractivity contribution in [1.29, 1.82) is 0 Å². The zero-order valence-electron chi connectivity index (χ0n) is 22.7. The molecule has 208 valence electrons. The van der Waals surface area contributed by atoms with E-state index in [1.807, 2.05) is 38.7 Å². The molecule has 0 bridgehead atoms. The molecule has 1 aromatic carbocycles. The minimum atomic E-state index is -1.21. The Morgan fingerprint density at radius 3 is 2.49 bits per heavy atom. The van der Waals surface area contributed by atoms with Crippen LogP contribution in [-0.2, 0) is 11.8 Å². The molecular weight excluding hydrogens is 524 g/mol. The van der Waals surface area contributed by atoms with E-state index in [0.29, 0.717) is 48.7 Å². The molecule has 0 aliphatic carbocycles. The molecule has 39 heavy (non-hydrogen) atoms. The average molecular weight is 557 g/mol. The Labute approximate surface area is 231 Å². The predicted octanol–water partition coefficient (Wildman–Crippen LogP) is 4.22. The lowest BCUT2D eigenvalue weighted by Gasteiger charge is -2.35. The van der Waals surface area contributed by atoms with Gasteiger partial charge in [0, 0.05) is 38.8 Å². The molecule has 1 fully saturated rings. The lowest BCUT2D eigenvalue weighted by Crippen LogP contribution is -2.50. The average Bonchev–Trinajstić information content (AvgIpc) is 2.91. The quantitative estimate of drug-likeness (QED) is 0.411. The fraction of sp³-hybridized carbons (Fsp3) is 0.444. The Morgan fingerprint density at radius 1 is 1.15 bits per heavy atom. The first-order valence-electron chi connectivity index (χ1n) is 12.9. The van der Waals surface area contributed by atoms with Gasteiger partial charge < -0.3 is 25.0 Å². The zero-order chi connectivity index (χ0) is 28.4. The molecule has 1 aliphatic rings. The molecule has 11 nitrogen and oxygen atoms in total. The summed E-state index contributed by atoms with van der Waals surface area (Å²) in [6.45, 7) is 9.48. The van der Waals surface area contributed by atoms with Crippen LogP contribution in [-0.4, -0.2) is 68.9 Å². The van der Waals surface area contributed by atoms with Crippen molar-refractivity contribution in [2.24, 2.45) is 7.05 Å². The SMILES string of the molecule is CC[C@H](C)OC(=O)N1CCN(c2nc3c([C@@H](C)Nc4ccc(Cl)nc4C(=O)O)cc(C)cc3c(=O)n2C)CC1. The summed E-state index contributed by atoms with van der Waals surface area (Å²) < 4.78 is 6.98. The summed E-state index contributed by atoms with van der Waals surface area (Å²) in [5.41, 5.74) is 2.06. The second kappa shape index (κ2) is 11.5. The number of amides is 1. The molecule has 0 unspecified atom stereocenters. The normalized spacial score (nSPS) is 15.2. The number of benzene rings is 1. The molecule has 1 saturated heterocycles. The van der Waals surface area contributed by atoms with E-state index in [1.165, 1.54) is 10.6 Å². The summed E-state index contributed by atoms with van der Waals surface area (Å²) in [5.74, 6) is -0.707. The second-order valence-corrected chi connectivity index (χ2v) is 10.2. The molecule has 2 N–H and O–H groups in total. The number of hydrogen-bond acceptors (Lipinski definition) is 8. The van der Waals surface area contributed by atoms with E-state index in [2.05, 4.69) is 10.3 Å². The van der Waals surface area contributed by atoms with Crippen LogP contribution in [0.3, 0.4) is 0 Å². The number of nitrogens with one attached hydrogen (secondary N) is 1. The van der Waals surface area contributed by atoms with Crippen molar-refractivity contribution in [3.8, 4) is 0 Å². The van der Waals surface area contributed by atoms with Crippen LogP contribution >= 0.6 is 11.6 Å². The number of fused-ring (bicyclic) bond motifs is 1. The number of aromatic nitrogens is 3. The Kier molecular flexibility index (Phi) is 8.29. The Balaban J connectivity index is 1.67. The third kappa shape index (κ3) is 5.93. The molecule has 0 radical (unpaired) electrons. The van der Waals surface area contributed by atoms with Crippen LogP contribution in [0.1, 0.15) is 54.8 Å². The van der Waals surface area contributed by atoms with Gasteiger partial charge in [0.05, 0.1) is 22.6 Å². The highest BCUT2D eigenvalue weighted by Gasteiger charge is 2.27. The molecule has 0 saturated carbocycles. The van der Waals surface area contributed by atoms with Gasteiger partial charge in [-0.25, -0.2) is 19.6 Å². The summed E-state index contributed by atoms with van der Waals surface area (Å²) in [6, 6.07) is 6.41. The summed E-state index contributed by atoms with van der Waals surface area (Å²) >= 11 is 5.91. The van der Waals surface area contributed by atoms with Gasteiger partial charge in [-0.2, -0.15) is 0 Å². The van der Waals surface area contributed by atoms with Crippen molar-refractivity contribution in [2.45, 2.75) is 46.3 Å². The number of carboxylic acids is 1. The highest BCUT2D eigenvalue weighted by Crippen LogP contribution is 2.29. The molecule has 2 atom stereocenters. The van der Waals surface area contributed by atoms with E-state index in [-0.39, 0.29) is 28.6 Å². The maximum absolute atomic E-state index is 13.5. The number of ether oxygens (including phenoxy) is 1. The number of aryl methyl sites for hydroxylation is 1. The Morgan fingerprint density at radius 2 is 1.85 bits per heavy atom. The number of carbonyl (C=O) groups excluding carboxylic acids is 1. The van der Waals surface area contributed by atoms with Gasteiger partial charge in [-0.1, -0.05) is 24.6 Å². The van der Waals surface area contributed by atoms with Gasteiger partial charge in [0.1, 0.15) is 11.3 Å². The highest BCUT2D eigenvalue weighted by molar-refractivity contribution is 6.29. The number of carbonyl (C=O) groups is 2. The van der Waals surface area contributed by atoms with Gasteiger partial charge >= 0.3 is 12.1 Å². The van der Waals surface area contributed by atoms with Gasteiger partial charge in [0.25, 0.3) is 5.56 Å². The van der Waals surface area contributed by atoms with Crippen LogP contribution < -0.4 is 15.8 Å². The molecular formula is C27H33ClN6O5. The fourth-order valence-electron chi connectivity index (χ4n) is 4.60. The molecule has 2 aromatic heterocycles. The summed E-state index contributed by atoms with van der Waals surface area (Å²) in [7, 11) is 1.69. The van der Waals surface area contributed by atoms with E-state index in [4.69, 9.17) is 21.3 Å². The minimum Gasteiger partial charge on any atom is -0.476 e.